The molecule has 2 aromatic carbocycles. The molecule has 130 valence electrons. The fourth-order valence-electron chi connectivity index (χ4n) is 2.70. The Morgan fingerprint density at radius 2 is 1.81 bits per heavy atom. The number of nitrogens with zero attached hydrogens (tertiary/aromatic N) is 2. The lowest BCUT2D eigenvalue weighted by Gasteiger charge is -2.05. The molecule has 26 heavy (non-hydrogen) atoms. The maximum absolute atomic E-state index is 5.84. The van der Waals surface area contributed by atoms with Gasteiger partial charge in [-0.05, 0) is 35.9 Å². The number of para-hydroxylation sites is 1. The first-order valence-corrected chi connectivity index (χ1v) is 8.55. The van der Waals surface area contributed by atoms with E-state index in [9.17, 15) is 0 Å². The lowest BCUT2D eigenvalue weighted by Crippen LogP contribution is -2.01. The van der Waals surface area contributed by atoms with Crippen LogP contribution in [0.4, 0.5) is 0 Å². The average Bonchev–Trinajstić information content (AvgIpc) is 3.10. The highest BCUT2D eigenvalue weighted by atomic mass is 16.5. The summed E-state index contributed by atoms with van der Waals surface area (Å²) in [5, 5.41) is 0. The van der Waals surface area contributed by atoms with Crippen LogP contribution in [-0.4, -0.2) is 21.6 Å². The molecule has 0 amide bonds. The highest BCUT2D eigenvalue weighted by molar-refractivity contribution is 5.76. The molecule has 0 saturated carbocycles. The predicted molar refractivity (Wildman–Crippen MR) is 100 cm³/mol. The van der Waals surface area contributed by atoms with Crippen LogP contribution >= 0.6 is 0 Å². The number of fused-ring (bicyclic) bond motifs is 1. The first kappa shape index (κ1) is 16.1. The molecule has 5 heteroatoms. The van der Waals surface area contributed by atoms with Gasteiger partial charge in [0.15, 0.2) is 0 Å². The summed E-state index contributed by atoms with van der Waals surface area (Å²) < 4.78 is 11.6. The zero-order chi connectivity index (χ0) is 17.6. The van der Waals surface area contributed by atoms with Crippen molar-refractivity contribution in [2.24, 2.45) is 0 Å². The van der Waals surface area contributed by atoms with Gasteiger partial charge in [0, 0.05) is 24.9 Å². The number of imidazole rings is 1. The van der Waals surface area contributed by atoms with Crippen LogP contribution < -0.4 is 9.47 Å². The second kappa shape index (κ2) is 7.70. The summed E-state index contributed by atoms with van der Waals surface area (Å²) in [5.41, 5.74) is 3.00. The van der Waals surface area contributed by atoms with E-state index in [0.717, 1.165) is 40.3 Å². The second-order valence-corrected chi connectivity index (χ2v) is 5.92. The number of hydrogen-bond acceptors (Lipinski definition) is 4. The van der Waals surface area contributed by atoms with Crippen molar-refractivity contribution in [1.82, 2.24) is 15.0 Å². The number of rotatable bonds is 7. The highest BCUT2D eigenvalue weighted by Gasteiger charge is 2.05. The van der Waals surface area contributed by atoms with E-state index >= 15 is 0 Å². The summed E-state index contributed by atoms with van der Waals surface area (Å²) in [6.45, 7) is 1.00. The average molecular weight is 345 g/mol. The van der Waals surface area contributed by atoms with E-state index in [0.29, 0.717) is 13.2 Å². The number of hydrogen-bond donors (Lipinski definition) is 1. The van der Waals surface area contributed by atoms with Gasteiger partial charge < -0.3 is 14.5 Å². The van der Waals surface area contributed by atoms with Crippen LogP contribution in [-0.2, 0) is 13.0 Å². The maximum Gasteiger partial charge on any atom is 0.146 e. The number of H-pyrrole nitrogens is 1. The van der Waals surface area contributed by atoms with Gasteiger partial charge in [0.1, 0.15) is 23.9 Å². The number of benzene rings is 2. The zero-order valence-electron chi connectivity index (χ0n) is 14.3. The first-order valence-electron chi connectivity index (χ1n) is 8.55. The van der Waals surface area contributed by atoms with Gasteiger partial charge >= 0.3 is 0 Å². The van der Waals surface area contributed by atoms with E-state index in [1.807, 2.05) is 66.9 Å². The van der Waals surface area contributed by atoms with E-state index < -0.39 is 0 Å². The van der Waals surface area contributed by atoms with Crippen LogP contribution in [0.2, 0.25) is 0 Å². The normalized spacial score (nSPS) is 10.8. The summed E-state index contributed by atoms with van der Waals surface area (Å²) in [6, 6.07) is 19.6. The Bertz CT molecular complexity index is 968. The SMILES string of the molecule is c1ccc(OCc2nc3cc(OCCc4cccnc4)ccc3[nH]2)cc1. The molecule has 1 N–H and O–H groups in total. The first-order chi connectivity index (χ1) is 12.9. The molecule has 4 rings (SSSR count). The molecule has 5 nitrogen and oxygen atoms in total. The lowest BCUT2D eigenvalue weighted by molar-refractivity contribution is 0.297. The smallest absolute Gasteiger partial charge is 0.146 e. The fraction of sp³-hybridized carbons (Fsp3) is 0.143. The molecule has 0 unspecified atom stereocenters. The van der Waals surface area contributed by atoms with Crippen molar-refractivity contribution in [3.63, 3.8) is 0 Å². The Labute approximate surface area is 151 Å². The van der Waals surface area contributed by atoms with Crippen molar-refractivity contribution in [2.45, 2.75) is 13.0 Å². The Hall–Kier alpha value is -3.34. The van der Waals surface area contributed by atoms with Crippen LogP contribution in [0.5, 0.6) is 11.5 Å². The minimum absolute atomic E-state index is 0.399. The lowest BCUT2D eigenvalue weighted by atomic mass is 10.2. The third-order valence-corrected chi connectivity index (χ3v) is 4.00. The van der Waals surface area contributed by atoms with E-state index in [1.165, 1.54) is 0 Å². The summed E-state index contributed by atoms with van der Waals surface area (Å²) in [5.74, 6) is 2.42. The number of pyridine rings is 1. The molecule has 4 aromatic rings. The van der Waals surface area contributed by atoms with E-state index in [1.54, 1.807) is 6.20 Å². The van der Waals surface area contributed by atoms with Crippen LogP contribution in [0.1, 0.15) is 11.4 Å². The monoisotopic (exact) mass is 345 g/mol. The Morgan fingerprint density at radius 3 is 2.65 bits per heavy atom. The predicted octanol–water partition coefficient (Wildman–Crippen LogP) is 4.16. The minimum atomic E-state index is 0.399. The Kier molecular flexibility index (Phi) is 4.78. The number of aromatic nitrogens is 3. The summed E-state index contributed by atoms with van der Waals surface area (Å²) >= 11 is 0. The molecular weight excluding hydrogens is 326 g/mol. The van der Waals surface area contributed by atoms with Gasteiger partial charge in [0.25, 0.3) is 0 Å². The fourth-order valence-corrected chi connectivity index (χ4v) is 2.70. The Morgan fingerprint density at radius 1 is 0.885 bits per heavy atom. The molecule has 0 atom stereocenters. The number of aromatic amines is 1. The third-order valence-electron chi connectivity index (χ3n) is 4.00. The molecule has 0 bridgehead atoms. The van der Waals surface area contributed by atoms with Gasteiger partial charge in [-0.15, -0.1) is 0 Å². The van der Waals surface area contributed by atoms with Crippen molar-refractivity contribution in [1.29, 1.82) is 0 Å². The van der Waals surface area contributed by atoms with Crippen molar-refractivity contribution >= 4 is 11.0 Å². The van der Waals surface area contributed by atoms with Crippen molar-refractivity contribution in [2.75, 3.05) is 6.61 Å². The zero-order valence-corrected chi connectivity index (χ0v) is 14.3. The number of ether oxygens (including phenoxy) is 2. The molecule has 0 spiro atoms. The van der Waals surface area contributed by atoms with Crippen LogP contribution in [0, 0.1) is 0 Å². The number of nitrogens with one attached hydrogen (secondary N) is 1. The van der Waals surface area contributed by atoms with Gasteiger partial charge in [-0.25, -0.2) is 4.98 Å². The van der Waals surface area contributed by atoms with E-state index in [4.69, 9.17) is 9.47 Å². The standard InChI is InChI=1S/C21H19N3O2/c1-2-6-17(7-3-1)26-15-21-23-19-9-8-18(13-20(19)24-21)25-12-10-16-5-4-11-22-14-16/h1-9,11,13-14H,10,12,15H2,(H,23,24). The molecule has 0 saturated heterocycles. The largest absolute Gasteiger partial charge is 0.493 e. The van der Waals surface area contributed by atoms with E-state index in [2.05, 4.69) is 15.0 Å². The second-order valence-electron chi connectivity index (χ2n) is 5.92. The van der Waals surface area contributed by atoms with Crippen molar-refractivity contribution in [3.05, 3.63) is 84.4 Å². The van der Waals surface area contributed by atoms with Crippen LogP contribution in [0.25, 0.3) is 11.0 Å². The molecule has 0 aliphatic rings. The van der Waals surface area contributed by atoms with Gasteiger partial charge in [-0.3, -0.25) is 4.98 Å². The van der Waals surface area contributed by atoms with E-state index in [-0.39, 0.29) is 0 Å². The molecule has 2 aromatic heterocycles. The summed E-state index contributed by atoms with van der Waals surface area (Å²) in [7, 11) is 0. The van der Waals surface area contributed by atoms with Crippen LogP contribution in [0.15, 0.2) is 73.1 Å². The Balaban J connectivity index is 1.37. The molecule has 0 radical (unpaired) electrons. The van der Waals surface area contributed by atoms with Gasteiger partial charge in [0.05, 0.1) is 17.6 Å². The maximum atomic E-state index is 5.84. The quantitative estimate of drug-likeness (QED) is 0.546. The molecule has 0 fully saturated rings. The molecular formula is C21H19N3O2. The summed E-state index contributed by atoms with van der Waals surface area (Å²) in [4.78, 5) is 12.0. The highest BCUT2D eigenvalue weighted by Crippen LogP contribution is 2.20. The summed E-state index contributed by atoms with van der Waals surface area (Å²) in [6.07, 6.45) is 4.46. The minimum Gasteiger partial charge on any atom is -0.493 e. The van der Waals surface area contributed by atoms with Gasteiger partial charge in [0.2, 0.25) is 0 Å². The van der Waals surface area contributed by atoms with Crippen molar-refractivity contribution < 1.29 is 9.47 Å². The van der Waals surface area contributed by atoms with Gasteiger partial charge in [-0.2, -0.15) is 0 Å². The molecule has 2 heterocycles. The third kappa shape index (κ3) is 4.00. The van der Waals surface area contributed by atoms with Gasteiger partial charge in [-0.1, -0.05) is 24.3 Å². The topological polar surface area (TPSA) is 60.0 Å². The van der Waals surface area contributed by atoms with Crippen LogP contribution in [0.3, 0.4) is 0 Å². The molecule has 0 aliphatic heterocycles. The van der Waals surface area contributed by atoms with Crippen molar-refractivity contribution in [3.8, 4) is 11.5 Å². The molecule has 0 aliphatic carbocycles.